The van der Waals surface area contributed by atoms with E-state index in [9.17, 15) is 28.3 Å². The van der Waals surface area contributed by atoms with Crippen molar-refractivity contribution in [3.63, 3.8) is 0 Å². The Bertz CT molecular complexity index is 667. The highest BCUT2D eigenvalue weighted by atomic mass is 19.2. The highest BCUT2D eigenvalue weighted by molar-refractivity contribution is 5.65. The van der Waals surface area contributed by atoms with Gasteiger partial charge in [-0.3, -0.25) is 19.1 Å². The third-order valence-electron chi connectivity index (χ3n) is 2.86. The molecule has 8 nitrogen and oxygen atoms in total. The van der Waals surface area contributed by atoms with Gasteiger partial charge in [0.25, 0.3) is 11.4 Å². The summed E-state index contributed by atoms with van der Waals surface area (Å²) in [4.78, 5) is 34.7. The summed E-state index contributed by atoms with van der Waals surface area (Å²) in [7, 11) is 0. The SMILES string of the molecule is CC(=O)OC[C@@H]1C[C@@](O)(F)[C@H](n2cc(F)c(=O)[nH]c2=O)O1. The molecule has 0 amide bonds. The molecule has 2 N–H and O–H groups in total. The maximum Gasteiger partial charge on any atom is 0.330 e. The lowest BCUT2D eigenvalue weighted by Gasteiger charge is -2.21. The van der Waals surface area contributed by atoms with Crippen molar-refractivity contribution in [1.29, 1.82) is 0 Å². The lowest BCUT2D eigenvalue weighted by atomic mass is 10.1. The third kappa shape index (κ3) is 3.16. The Morgan fingerprint density at radius 3 is 2.95 bits per heavy atom. The average Bonchev–Trinajstić information content (AvgIpc) is 2.66. The molecule has 2 rings (SSSR count). The molecule has 0 aromatic carbocycles. The fourth-order valence-corrected chi connectivity index (χ4v) is 1.98. The smallest absolute Gasteiger partial charge is 0.330 e. The van der Waals surface area contributed by atoms with Gasteiger partial charge in [-0.05, 0) is 0 Å². The number of ether oxygens (including phenoxy) is 2. The Morgan fingerprint density at radius 2 is 2.33 bits per heavy atom. The normalized spacial score (nSPS) is 28.6. The molecule has 1 saturated heterocycles. The molecule has 1 aliphatic heterocycles. The van der Waals surface area contributed by atoms with Crippen LogP contribution in [0.4, 0.5) is 8.78 Å². The standard InChI is InChI=1S/C11H12F2N2O6/c1-5(16)20-4-6-2-11(13,19)9(21-6)15-3-7(12)8(17)14-10(15)18/h3,6,9,19H,2,4H2,1H3,(H,14,17,18)/t6-,9+,11-/m0/s1. The maximum atomic E-state index is 14.1. The molecular formula is C11H12F2N2O6. The van der Waals surface area contributed by atoms with Crippen LogP contribution in [0.25, 0.3) is 0 Å². The van der Waals surface area contributed by atoms with E-state index in [1.807, 2.05) is 0 Å². The summed E-state index contributed by atoms with van der Waals surface area (Å²) in [6.07, 6.45) is -3.03. The number of aromatic amines is 1. The first kappa shape index (κ1) is 15.3. The van der Waals surface area contributed by atoms with Gasteiger partial charge >= 0.3 is 11.7 Å². The Hall–Kier alpha value is -2.07. The van der Waals surface area contributed by atoms with Crippen LogP contribution in [0.5, 0.6) is 0 Å². The van der Waals surface area contributed by atoms with Crippen LogP contribution >= 0.6 is 0 Å². The Balaban J connectivity index is 2.27. The van der Waals surface area contributed by atoms with E-state index >= 15 is 0 Å². The summed E-state index contributed by atoms with van der Waals surface area (Å²) in [6, 6.07) is 0. The molecule has 2 heterocycles. The number of esters is 1. The molecule has 1 aromatic heterocycles. The number of aliphatic hydroxyl groups is 1. The number of H-pyrrole nitrogens is 1. The number of nitrogens with zero attached hydrogens (tertiary/aromatic N) is 1. The van der Waals surface area contributed by atoms with Crippen LogP contribution in [0.2, 0.25) is 0 Å². The van der Waals surface area contributed by atoms with Gasteiger partial charge in [-0.15, -0.1) is 0 Å². The quantitative estimate of drug-likeness (QED) is 0.706. The summed E-state index contributed by atoms with van der Waals surface area (Å²) in [5, 5.41) is 9.62. The van der Waals surface area contributed by atoms with Crippen molar-refractivity contribution in [1.82, 2.24) is 9.55 Å². The molecule has 0 radical (unpaired) electrons. The first-order chi connectivity index (χ1) is 9.70. The third-order valence-corrected chi connectivity index (χ3v) is 2.86. The van der Waals surface area contributed by atoms with E-state index in [-0.39, 0.29) is 6.61 Å². The van der Waals surface area contributed by atoms with Crippen molar-refractivity contribution >= 4 is 5.97 Å². The number of carbonyl (C=O) groups excluding carboxylic acids is 1. The van der Waals surface area contributed by atoms with Gasteiger partial charge in [-0.2, -0.15) is 4.39 Å². The van der Waals surface area contributed by atoms with Crippen LogP contribution in [0, 0.1) is 5.82 Å². The molecule has 116 valence electrons. The predicted molar refractivity (Wildman–Crippen MR) is 62.5 cm³/mol. The fourth-order valence-electron chi connectivity index (χ4n) is 1.98. The largest absolute Gasteiger partial charge is 0.463 e. The molecular weight excluding hydrogens is 294 g/mol. The van der Waals surface area contributed by atoms with Gasteiger partial charge in [0, 0.05) is 13.3 Å². The topological polar surface area (TPSA) is 111 Å². The minimum absolute atomic E-state index is 0.335. The van der Waals surface area contributed by atoms with Gasteiger partial charge in [-0.1, -0.05) is 0 Å². The number of aromatic nitrogens is 2. The molecule has 1 aromatic rings. The molecule has 1 aliphatic rings. The summed E-state index contributed by atoms with van der Waals surface area (Å²) in [5.41, 5.74) is -2.41. The minimum Gasteiger partial charge on any atom is -0.463 e. The van der Waals surface area contributed by atoms with Crippen molar-refractivity contribution in [2.45, 2.75) is 31.5 Å². The Kier molecular flexibility index (Phi) is 3.92. The van der Waals surface area contributed by atoms with Gasteiger partial charge in [0.15, 0.2) is 6.23 Å². The highest BCUT2D eigenvalue weighted by Crippen LogP contribution is 2.38. The van der Waals surface area contributed by atoms with E-state index in [0.29, 0.717) is 10.8 Å². The van der Waals surface area contributed by atoms with E-state index in [2.05, 4.69) is 4.74 Å². The van der Waals surface area contributed by atoms with Gasteiger partial charge in [0.1, 0.15) is 12.7 Å². The van der Waals surface area contributed by atoms with Gasteiger partial charge in [0.2, 0.25) is 5.82 Å². The second-order valence-electron chi connectivity index (χ2n) is 4.58. The van der Waals surface area contributed by atoms with Gasteiger partial charge in [-0.25, -0.2) is 9.18 Å². The zero-order valence-corrected chi connectivity index (χ0v) is 10.8. The second-order valence-corrected chi connectivity index (χ2v) is 4.58. The van der Waals surface area contributed by atoms with E-state index in [0.717, 1.165) is 6.92 Å². The van der Waals surface area contributed by atoms with Crippen molar-refractivity contribution in [3.8, 4) is 0 Å². The first-order valence-electron chi connectivity index (χ1n) is 5.92. The van der Waals surface area contributed by atoms with Crippen LogP contribution in [-0.4, -0.2) is 39.2 Å². The first-order valence-corrected chi connectivity index (χ1v) is 5.92. The Labute approximate surface area is 115 Å². The van der Waals surface area contributed by atoms with Crippen molar-refractivity contribution in [2.75, 3.05) is 6.61 Å². The number of alkyl halides is 1. The van der Waals surface area contributed by atoms with Gasteiger partial charge < -0.3 is 14.6 Å². The van der Waals surface area contributed by atoms with E-state index in [4.69, 9.17) is 4.74 Å². The van der Waals surface area contributed by atoms with Crippen LogP contribution < -0.4 is 11.2 Å². The summed E-state index contributed by atoms with van der Waals surface area (Å²) >= 11 is 0. The number of hydrogen-bond donors (Lipinski definition) is 2. The van der Waals surface area contributed by atoms with E-state index in [1.54, 1.807) is 4.98 Å². The second kappa shape index (κ2) is 5.37. The zero-order chi connectivity index (χ0) is 15.8. The molecule has 21 heavy (non-hydrogen) atoms. The van der Waals surface area contributed by atoms with Crippen molar-refractivity contribution in [2.24, 2.45) is 0 Å². The van der Waals surface area contributed by atoms with E-state index in [1.165, 1.54) is 0 Å². The number of halogens is 2. The molecule has 3 atom stereocenters. The fraction of sp³-hybridized carbons (Fsp3) is 0.545. The lowest BCUT2D eigenvalue weighted by Crippen LogP contribution is -2.40. The molecule has 0 spiro atoms. The van der Waals surface area contributed by atoms with Crippen molar-refractivity contribution < 1.29 is 28.2 Å². The molecule has 0 saturated carbocycles. The summed E-state index contributed by atoms with van der Waals surface area (Å²) in [6.45, 7) is 0.800. The summed E-state index contributed by atoms with van der Waals surface area (Å²) < 4.78 is 37.3. The molecule has 0 bridgehead atoms. The molecule has 0 aliphatic carbocycles. The molecule has 1 fully saturated rings. The van der Waals surface area contributed by atoms with Crippen LogP contribution in [0.15, 0.2) is 15.8 Å². The predicted octanol–water partition coefficient (Wildman–Crippen LogP) is -0.816. The van der Waals surface area contributed by atoms with E-state index < -0.39 is 47.6 Å². The highest BCUT2D eigenvalue weighted by Gasteiger charge is 2.50. The monoisotopic (exact) mass is 306 g/mol. The maximum absolute atomic E-state index is 14.1. The van der Waals surface area contributed by atoms with Crippen LogP contribution in [0.1, 0.15) is 19.6 Å². The number of rotatable bonds is 3. The Morgan fingerprint density at radius 1 is 1.67 bits per heavy atom. The zero-order valence-electron chi connectivity index (χ0n) is 10.8. The van der Waals surface area contributed by atoms with Crippen molar-refractivity contribution in [3.05, 3.63) is 32.9 Å². The average molecular weight is 306 g/mol. The number of hydrogen-bond acceptors (Lipinski definition) is 6. The lowest BCUT2D eigenvalue weighted by molar-refractivity contribution is -0.171. The van der Waals surface area contributed by atoms with Crippen LogP contribution in [-0.2, 0) is 14.3 Å². The number of nitrogens with one attached hydrogen (secondary N) is 1. The van der Waals surface area contributed by atoms with Crippen LogP contribution in [0.3, 0.4) is 0 Å². The number of carbonyl (C=O) groups is 1. The van der Waals surface area contributed by atoms with Gasteiger partial charge in [0.05, 0.1) is 6.20 Å². The summed E-state index contributed by atoms with van der Waals surface area (Å²) in [5.74, 6) is -4.95. The molecule has 10 heteroatoms. The molecule has 0 unspecified atom stereocenters. The minimum atomic E-state index is -2.99.